The Labute approximate surface area is 73.5 Å². The Bertz CT molecular complexity index is 185. The van der Waals surface area contributed by atoms with E-state index in [4.69, 9.17) is 5.11 Å². The van der Waals surface area contributed by atoms with E-state index in [0.29, 0.717) is 5.57 Å². The third-order valence-electron chi connectivity index (χ3n) is 1.86. The molecule has 0 spiro atoms. The standard InChI is InChI=1S/C9H17NO2/c1-4-5-6-8(10-3)7(2)9(11)12/h10H,4-6H2,1-3H3,(H,11,12)/b8-7+. The number of carboxylic acid groups (broad SMARTS) is 1. The summed E-state index contributed by atoms with van der Waals surface area (Å²) in [6, 6.07) is 0. The maximum absolute atomic E-state index is 10.6. The summed E-state index contributed by atoms with van der Waals surface area (Å²) in [4.78, 5) is 10.6. The summed E-state index contributed by atoms with van der Waals surface area (Å²) in [5.74, 6) is -0.838. The molecule has 0 unspecified atom stereocenters. The van der Waals surface area contributed by atoms with Crippen LogP contribution in [0.4, 0.5) is 0 Å². The fraction of sp³-hybridized carbons (Fsp3) is 0.667. The Morgan fingerprint density at radius 3 is 2.42 bits per heavy atom. The van der Waals surface area contributed by atoms with E-state index in [1.807, 2.05) is 0 Å². The molecule has 0 saturated heterocycles. The van der Waals surface area contributed by atoms with Crippen LogP contribution in [-0.4, -0.2) is 18.1 Å². The molecule has 0 aliphatic rings. The van der Waals surface area contributed by atoms with Crippen molar-refractivity contribution in [1.82, 2.24) is 5.32 Å². The van der Waals surface area contributed by atoms with Crippen molar-refractivity contribution in [1.29, 1.82) is 0 Å². The van der Waals surface area contributed by atoms with Gasteiger partial charge in [-0.1, -0.05) is 13.3 Å². The van der Waals surface area contributed by atoms with E-state index >= 15 is 0 Å². The van der Waals surface area contributed by atoms with Crippen molar-refractivity contribution in [3.63, 3.8) is 0 Å². The van der Waals surface area contributed by atoms with Crippen LogP contribution >= 0.6 is 0 Å². The second-order valence-electron chi connectivity index (χ2n) is 2.76. The Kier molecular flexibility index (Phi) is 5.17. The average molecular weight is 171 g/mol. The number of carboxylic acids is 1. The van der Waals surface area contributed by atoms with Gasteiger partial charge in [0.1, 0.15) is 0 Å². The Hall–Kier alpha value is -0.990. The zero-order chi connectivity index (χ0) is 9.56. The van der Waals surface area contributed by atoms with Gasteiger partial charge in [-0.3, -0.25) is 0 Å². The molecular formula is C9H17NO2. The molecule has 0 aromatic rings. The van der Waals surface area contributed by atoms with Crippen LogP contribution in [0, 0.1) is 0 Å². The molecule has 2 N–H and O–H groups in total. The highest BCUT2D eigenvalue weighted by Crippen LogP contribution is 2.09. The molecule has 0 aliphatic carbocycles. The third-order valence-corrected chi connectivity index (χ3v) is 1.86. The van der Waals surface area contributed by atoms with Crippen LogP contribution in [0.2, 0.25) is 0 Å². The fourth-order valence-corrected chi connectivity index (χ4v) is 0.983. The van der Waals surface area contributed by atoms with Crippen LogP contribution in [0.1, 0.15) is 33.1 Å². The minimum atomic E-state index is -0.838. The molecule has 0 heterocycles. The SMILES string of the molecule is CCCC/C(NC)=C(/C)C(=O)O. The minimum absolute atomic E-state index is 0.422. The van der Waals surface area contributed by atoms with Crippen LogP contribution in [0.3, 0.4) is 0 Å². The first-order chi connectivity index (χ1) is 5.63. The molecular weight excluding hydrogens is 154 g/mol. The minimum Gasteiger partial charge on any atom is -0.478 e. The summed E-state index contributed by atoms with van der Waals surface area (Å²) >= 11 is 0. The zero-order valence-electron chi connectivity index (χ0n) is 7.98. The van der Waals surface area contributed by atoms with Crippen molar-refractivity contribution >= 4 is 5.97 Å². The van der Waals surface area contributed by atoms with Gasteiger partial charge >= 0.3 is 5.97 Å². The van der Waals surface area contributed by atoms with Crippen LogP contribution in [0.25, 0.3) is 0 Å². The van der Waals surface area contributed by atoms with Gasteiger partial charge in [-0.15, -0.1) is 0 Å². The molecule has 3 heteroatoms. The van der Waals surface area contributed by atoms with E-state index in [9.17, 15) is 4.79 Å². The quantitative estimate of drug-likeness (QED) is 0.619. The Morgan fingerprint density at radius 2 is 2.08 bits per heavy atom. The summed E-state index contributed by atoms with van der Waals surface area (Å²) in [6.45, 7) is 3.72. The number of unbranched alkanes of at least 4 members (excludes halogenated alkanes) is 1. The van der Waals surface area contributed by atoms with Crippen LogP contribution in [-0.2, 0) is 4.79 Å². The molecule has 0 aromatic heterocycles. The second-order valence-corrected chi connectivity index (χ2v) is 2.76. The van der Waals surface area contributed by atoms with Crippen LogP contribution < -0.4 is 5.32 Å². The lowest BCUT2D eigenvalue weighted by Crippen LogP contribution is -2.12. The number of nitrogens with one attached hydrogen (secondary N) is 1. The first-order valence-corrected chi connectivity index (χ1v) is 4.24. The predicted octanol–water partition coefficient (Wildman–Crippen LogP) is 1.75. The van der Waals surface area contributed by atoms with Gasteiger partial charge < -0.3 is 10.4 Å². The van der Waals surface area contributed by atoms with E-state index in [2.05, 4.69) is 12.2 Å². The maximum Gasteiger partial charge on any atom is 0.333 e. The molecule has 0 bridgehead atoms. The lowest BCUT2D eigenvalue weighted by atomic mass is 10.1. The monoisotopic (exact) mass is 171 g/mol. The molecule has 3 nitrogen and oxygen atoms in total. The molecule has 12 heavy (non-hydrogen) atoms. The molecule has 0 fully saturated rings. The van der Waals surface area contributed by atoms with Crippen molar-refractivity contribution in [3.05, 3.63) is 11.3 Å². The number of allylic oxidation sites excluding steroid dienone is 1. The molecule has 0 amide bonds. The van der Waals surface area contributed by atoms with Gasteiger partial charge in [-0.25, -0.2) is 4.79 Å². The number of aliphatic carboxylic acids is 1. The molecule has 0 rings (SSSR count). The van der Waals surface area contributed by atoms with Crippen molar-refractivity contribution in [2.45, 2.75) is 33.1 Å². The van der Waals surface area contributed by atoms with Crippen molar-refractivity contribution in [2.75, 3.05) is 7.05 Å². The van der Waals surface area contributed by atoms with Gasteiger partial charge in [0.15, 0.2) is 0 Å². The first kappa shape index (κ1) is 11.0. The molecule has 0 aromatic carbocycles. The highest BCUT2D eigenvalue weighted by molar-refractivity contribution is 5.86. The fourth-order valence-electron chi connectivity index (χ4n) is 0.983. The van der Waals surface area contributed by atoms with Gasteiger partial charge in [0.2, 0.25) is 0 Å². The lowest BCUT2D eigenvalue weighted by Gasteiger charge is -2.07. The summed E-state index contributed by atoms with van der Waals surface area (Å²) in [6.07, 6.45) is 2.93. The van der Waals surface area contributed by atoms with Crippen LogP contribution in [0.15, 0.2) is 11.3 Å². The van der Waals surface area contributed by atoms with Gasteiger partial charge in [-0.05, 0) is 19.8 Å². The Morgan fingerprint density at radius 1 is 1.50 bits per heavy atom. The van der Waals surface area contributed by atoms with E-state index in [1.165, 1.54) is 0 Å². The van der Waals surface area contributed by atoms with Crippen molar-refractivity contribution in [2.24, 2.45) is 0 Å². The largest absolute Gasteiger partial charge is 0.478 e. The van der Waals surface area contributed by atoms with Gasteiger partial charge in [-0.2, -0.15) is 0 Å². The molecule has 0 aliphatic heterocycles. The van der Waals surface area contributed by atoms with Gasteiger partial charge in [0.05, 0.1) is 5.57 Å². The smallest absolute Gasteiger partial charge is 0.333 e. The van der Waals surface area contributed by atoms with Gasteiger partial charge in [0.25, 0.3) is 0 Å². The highest BCUT2D eigenvalue weighted by Gasteiger charge is 2.06. The number of carbonyl (C=O) groups is 1. The van der Waals surface area contributed by atoms with E-state index in [0.717, 1.165) is 25.0 Å². The number of hydrogen-bond donors (Lipinski definition) is 2. The second kappa shape index (κ2) is 5.63. The summed E-state index contributed by atoms with van der Waals surface area (Å²) in [5, 5.41) is 11.6. The summed E-state index contributed by atoms with van der Waals surface area (Å²) in [5.41, 5.74) is 1.26. The lowest BCUT2D eigenvalue weighted by molar-refractivity contribution is -0.132. The summed E-state index contributed by atoms with van der Waals surface area (Å²) < 4.78 is 0. The highest BCUT2D eigenvalue weighted by atomic mass is 16.4. The third kappa shape index (κ3) is 3.42. The predicted molar refractivity (Wildman–Crippen MR) is 48.9 cm³/mol. The van der Waals surface area contributed by atoms with Gasteiger partial charge in [0, 0.05) is 12.7 Å². The van der Waals surface area contributed by atoms with E-state index in [-0.39, 0.29) is 0 Å². The topological polar surface area (TPSA) is 49.3 Å². The Balaban J connectivity index is 4.28. The molecule has 0 atom stereocenters. The maximum atomic E-state index is 10.6. The molecule has 70 valence electrons. The van der Waals surface area contributed by atoms with Crippen molar-refractivity contribution < 1.29 is 9.90 Å². The number of rotatable bonds is 5. The average Bonchev–Trinajstić information content (AvgIpc) is 2.05. The van der Waals surface area contributed by atoms with E-state index in [1.54, 1.807) is 14.0 Å². The number of hydrogen-bond acceptors (Lipinski definition) is 2. The summed E-state index contributed by atoms with van der Waals surface area (Å²) in [7, 11) is 1.76. The first-order valence-electron chi connectivity index (χ1n) is 4.24. The van der Waals surface area contributed by atoms with E-state index < -0.39 is 5.97 Å². The zero-order valence-corrected chi connectivity index (χ0v) is 7.98. The normalized spacial score (nSPS) is 12.2. The molecule has 0 radical (unpaired) electrons. The van der Waals surface area contributed by atoms with Crippen LogP contribution in [0.5, 0.6) is 0 Å². The molecule has 0 saturated carbocycles. The van der Waals surface area contributed by atoms with Crippen molar-refractivity contribution in [3.8, 4) is 0 Å².